The predicted octanol–water partition coefficient (Wildman–Crippen LogP) is 2.44. The molecule has 3 aromatic rings. The van der Waals surface area contributed by atoms with Gasteiger partial charge in [-0.05, 0) is 42.5 Å². The van der Waals surface area contributed by atoms with E-state index in [4.69, 9.17) is 21.1 Å². The molecule has 0 bridgehead atoms. The number of ether oxygens (including phenoxy) is 2. The number of halogens is 1. The molecule has 0 saturated carbocycles. The first-order valence-corrected chi connectivity index (χ1v) is 11.6. The summed E-state index contributed by atoms with van der Waals surface area (Å²) in [5, 5.41) is 42.0. The summed E-state index contributed by atoms with van der Waals surface area (Å²) in [6, 6.07) is 13.9. The molecule has 2 aromatic carbocycles. The summed E-state index contributed by atoms with van der Waals surface area (Å²) < 4.78 is 12.9. The van der Waals surface area contributed by atoms with Gasteiger partial charge in [0.1, 0.15) is 24.4 Å². The van der Waals surface area contributed by atoms with Gasteiger partial charge in [0, 0.05) is 18.2 Å². The fourth-order valence-electron chi connectivity index (χ4n) is 4.37. The normalized spacial score (nSPS) is 25.6. The third kappa shape index (κ3) is 4.95. The maximum Gasteiger partial charge on any atom is 0.163 e. The monoisotopic (exact) mass is 475 g/mol. The quantitative estimate of drug-likeness (QED) is 0.373. The van der Waals surface area contributed by atoms with E-state index in [1.807, 2.05) is 25.3 Å². The first-order valence-electron chi connectivity index (χ1n) is 11.2. The lowest BCUT2D eigenvalue weighted by Gasteiger charge is -2.40. The number of para-hydroxylation sites is 1. The van der Waals surface area contributed by atoms with Crippen LogP contribution in [0.5, 0.6) is 0 Å². The van der Waals surface area contributed by atoms with Crippen molar-refractivity contribution >= 4 is 22.5 Å². The van der Waals surface area contributed by atoms with Gasteiger partial charge in [-0.3, -0.25) is 0 Å². The van der Waals surface area contributed by atoms with Crippen LogP contribution in [0.4, 0.5) is 0 Å². The molecule has 0 spiro atoms. The van der Waals surface area contributed by atoms with Crippen molar-refractivity contribution in [2.45, 2.75) is 50.4 Å². The third-order valence-corrected chi connectivity index (χ3v) is 6.49. The molecule has 1 fully saturated rings. The van der Waals surface area contributed by atoms with E-state index >= 15 is 0 Å². The van der Waals surface area contributed by atoms with Crippen LogP contribution in [0.3, 0.4) is 0 Å². The Balaban J connectivity index is 1.65. The second kappa shape index (κ2) is 10.5. The number of hydrogen-bond donors (Lipinski definition) is 4. The number of aliphatic hydroxyl groups excluding tert-OH is 4. The molecule has 5 atom stereocenters. The van der Waals surface area contributed by atoms with Gasteiger partial charge in [0.15, 0.2) is 6.23 Å². The SMILES string of the molecule is CCOCCc1ccc(Cc2cn([C@@H]3O[C@H](CO)[C@@H](O)[C@H](O)[C@H]3O)c3c(Cl)cccc23)cc1. The second-order valence-electron chi connectivity index (χ2n) is 8.36. The van der Waals surface area contributed by atoms with Gasteiger partial charge in [0.25, 0.3) is 0 Å². The van der Waals surface area contributed by atoms with Crippen LogP contribution in [-0.2, 0) is 22.3 Å². The first kappa shape index (κ1) is 24.2. The van der Waals surface area contributed by atoms with Crippen LogP contribution in [0.15, 0.2) is 48.7 Å². The Morgan fingerprint density at radius 1 is 1.00 bits per heavy atom. The fourth-order valence-corrected chi connectivity index (χ4v) is 4.64. The summed E-state index contributed by atoms with van der Waals surface area (Å²) in [5.41, 5.74) is 3.96. The predicted molar refractivity (Wildman–Crippen MR) is 125 cm³/mol. The van der Waals surface area contributed by atoms with Crippen LogP contribution >= 0.6 is 11.6 Å². The minimum absolute atomic E-state index is 0.474. The number of rotatable bonds is 8. The van der Waals surface area contributed by atoms with Gasteiger partial charge in [-0.15, -0.1) is 0 Å². The maximum atomic E-state index is 10.7. The van der Waals surface area contributed by atoms with E-state index in [0.29, 0.717) is 30.2 Å². The molecule has 1 saturated heterocycles. The fraction of sp³-hybridized carbons (Fsp3) is 0.440. The van der Waals surface area contributed by atoms with Crippen LogP contribution in [0.25, 0.3) is 10.9 Å². The maximum absolute atomic E-state index is 10.7. The van der Waals surface area contributed by atoms with E-state index < -0.39 is 37.3 Å². The molecule has 7 nitrogen and oxygen atoms in total. The van der Waals surface area contributed by atoms with Gasteiger partial charge in [0.2, 0.25) is 0 Å². The third-order valence-electron chi connectivity index (χ3n) is 6.18. The molecule has 1 aliphatic heterocycles. The average molecular weight is 476 g/mol. The van der Waals surface area contributed by atoms with Crippen molar-refractivity contribution in [3.05, 3.63) is 70.4 Å². The summed E-state index contributed by atoms with van der Waals surface area (Å²) in [4.78, 5) is 0. The molecule has 1 aliphatic rings. The molecule has 0 radical (unpaired) electrons. The lowest BCUT2D eigenvalue weighted by Crippen LogP contribution is -2.56. The minimum Gasteiger partial charge on any atom is -0.394 e. The Kier molecular flexibility index (Phi) is 7.71. The van der Waals surface area contributed by atoms with Crippen molar-refractivity contribution in [2.75, 3.05) is 19.8 Å². The van der Waals surface area contributed by atoms with Crippen LogP contribution in [0.1, 0.15) is 29.8 Å². The molecule has 0 amide bonds. The standard InChI is InChI=1S/C25H30ClNO6/c1-2-32-11-10-15-6-8-16(9-7-15)12-17-13-27(21-18(17)4-3-5-19(21)26)25-24(31)23(30)22(29)20(14-28)33-25/h3-9,13,20,22-25,28-31H,2,10-12,14H2,1H3/t20-,22-,23+,24-,25-/m1/s1. The van der Waals surface area contributed by atoms with E-state index in [0.717, 1.165) is 22.9 Å². The van der Waals surface area contributed by atoms with E-state index in [2.05, 4.69) is 24.3 Å². The molecule has 1 aromatic heterocycles. The Hall–Kier alpha value is -1.97. The summed E-state index contributed by atoms with van der Waals surface area (Å²) in [5.74, 6) is 0. The number of fused-ring (bicyclic) bond motifs is 1. The van der Waals surface area contributed by atoms with Gasteiger partial charge in [-0.25, -0.2) is 0 Å². The van der Waals surface area contributed by atoms with Crippen LogP contribution in [0, 0.1) is 0 Å². The van der Waals surface area contributed by atoms with E-state index in [-0.39, 0.29) is 0 Å². The van der Waals surface area contributed by atoms with Gasteiger partial charge >= 0.3 is 0 Å². The van der Waals surface area contributed by atoms with Crippen molar-refractivity contribution in [2.24, 2.45) is 0 Å². The molecule has 0 unspecified atom stereocenters. The molecule has 4 rings (SSSR count). The average Bonchev–Trinajstić information content (AvgIpc) is 3.18. The Bertz CT molecular complexity index is 1070. The van der Waals surface area contributed by atoms with Crippen molar-refractivity contribution in [3.8, 4) is 0 Å². The van der Waals surface area contributed by atoms with Crippen LogP contribution in [-0.4, -0.2) is 69.2 Å². The second-order valence-corrected chi connectivity index (χ2v) is 8.76. The van der Waals surface area contributed by atoms with Crippen molar-refractivity contribution < 1.29 is 29.9 Å². The summed E-state index contributed by atoms with van der Waals surface area (Å²) in [6.45, 7) is 2.90. The van der Waals surface area contributed by atoms with E-state index in [1.54, 1.807) is 10.6 Å². The van der Waals surface area contributed by atoms with Gasteiger partial charge in [-0.1, -0.05) is 48.0 Å². The molecule has 8 heteroatoms. The van der Waals surface area contributed by atoms with Gasteiger partial charge in [0.05, 0.1) is 23.8 Å². The zero-order valence-electron chi connectivity index (χ0n) is 18.5. The molecule has 178 valence electrons. The van der Waals surface area contributed by atoms with Crippen molar-refractivity contribution in [1.82, 2.24) is 4.57 Å². The van der Waals surface area contributed by atoms with Gasteiger partial charge in [-0.2, -0.15) is 0 Å². The minimum atomic E-state index is -1.46. The summed E-state index contributed by atoms with van der Waals surface area (Å²) >= 11 is 6.53. The van der Waals surface area contributed by atoms with E-state index in [9.17, 15) is 20.4 Å². The molecule has 33 heavy (non-hydrogen) atoms. The molecule has 2 heterocycles. The highest BCUT2D eigenvalue weighted by atomic mass is 35.5. The topological polar surface area (TPSA) is 104 Å². The lowest BCUT2D eigenvalue weighted by atomic mass is 9.98. The first-order chi connectivity index (χ1) is 15.9. The lowest BCUT2D eigenvalue weighted by molar-refractivity contribution is -0.250. The zero-order chi connectivity index (χ0) is 23.5. The van der Waals surface area contributed by atoms with Crippen molar-refractivity contribution in [3.63, 3.8) is 0 Å². The molecular formula is C25H30ClNO6. The Labute approximate surface area is 197 Å². The highest BCUT2D eigenvalue weighted by Gasteiger charge is 2.44. The van der Waals surface area contributed by atoms with Crippen LogP contribution < -0.4 is 0 Å². The number of benzene rings is 2. The Morgan fingerprint density at radius 2 is 1.73 bits per heavy atom. The highest BCUT2D eigenvalue weighted by molar-refractivity contribution is 6.35. The molecular weight excluding hydrogens is 446 g/mol. The van der Waals surface area contributed by atoms with E-state index in [1.165, 1.54) is 5.56 Å². The smallest absolute Gasteiger partial charge is 0.163 e. The largest absolute Gasteiger partial charge is 0.394 e. The summed E-state index contributed by atoms with van der Waals surface area (Å²) in [6.07, 6.45) is -2.95. The number of nitrogens with zero attached hydrogens (tertiary/aromatic N) is 1. The van der Waals surface area contributed by atoms with Crippen molar-refractivity contribution in [1.29, 1.82) is 0 Å². The van der Waals surface area contributed by atoms with Gasteiger partial charge < -0.3 is 34.5 Å². The highest BCUT2D eigenvalue weighted by Crippen LogP contribution is 2.36. The Morgan fingerprint density at radius 3 is 2.42 bits per heavy atom. The zero-order valence-corrected chi connectivity index (χ0v) is 19.2. The molecule has 4 N–H and O–H groups in total. The number of aromatic nitrogens is 1. The number of aliphatic hydroxyl groups is 4. The summed E-state index contributed by atoms with van der Waals surface area (Å²) in [7, 11) is 0. The van der Waals surface area contributed by atoms with Crippen LogP contribution in [0.2, 0.25) is 5.02 Å². The number of hydrogen-bond acceptors (Lipinski definition) is 6. The molecule has 0 aliphatic carbocycles.